The molecule has 1 aliphatic rings. The van der Waals surface area contributed by atoms with Crippen LogP contribution in [0.2, 0.25) is 0 Å². The molecule has 0 aliphatic heterocycles. The summed E-state index contributed by atoms with van der Waals surface area (Å²) in [5, 5.41) is 0. The number of hydrogen-bond acceptors (Lipinski definition) is 1. The molecule has 81 valence electrons. The summed E-state index contributed by atoms with van der Waals surface area (Å²) in [6, 6.07) is 0. The predicted molar refractivity (Wildman–Crippen MR) is 60.1 cm³/mol. The van der Waals surface area contributed by atoms with Gasteiger partial charge < -0.3 is 0 Å². The van der Waals surface area contributed by atoms with Crippen molar-refractivity contribution in [2.75, 3.05) is 0 Å². The molecular weight excluding hydrogens is 172 g/mol. The monoisotopic (exact) mass is 195 g/mol. The van der Waals surface area contributed by atoms with E-state index in [4.69, 9.17) is 0 Å². The first-order valence-electron chi connectivity index (χ1n) is 6.18. The second kappa shape index (κ2) is 7.03. The first kappa shape index (κ1) is 11.7. The molecule has 1 fully saturated rings. The summed E-state index contributed by atoms with van der Waals surface area (Å²) in [6.07, 6.45) is 11.6. The quantitative estimate of drug-likeness (QED) is 0.663. The van der Waals surface area contributed by atoms with E-state index in [1.165, 1.54) is 50.9 Å². The molecule has 1 aliphatic carbocycles. The van der Waals surface area contributed by atoms with Gasteiger partial charge in [0.25, 0.3) is 0 Å². The molecule has 0 aromatic heterocycles. The lowest BCUT2D eigenvalue weighted by Crippen LogP contribution is -2.05. The number of carbonyl (C=O) groups excluding carboxylic acids is 1. The highest BCUT2D eigenvalue weighted by Gasteiger charge is 2.15. The van der Waals surface area contributed by atoms with Crippen molar-refractivity contribution in [2.24, 2.45) is 0 Å². The fourth-order valence-electron chi connectivity index (χ4n) is 2.15. The zero-order valence-corrected chi connectivity index (χ0v) is 9.48. The average Bonchev–Trinajstić information content (AvgIpc) is 2.27. The Balaban J connectivity index is 2.32. The molecule has 1 rings (SSSR count). The van der Waals surface area contributed by atoms with E-state index in [9.17, 15) is 4.79 Å². The van der Waals surface area contributed by atoms with E-state index in [0.717, 1.165) is 19.3 Å². The van der Waals surface area contributed by atoms with Gasteiger partial charge in [-0.2, -0.15) is 0 Å². The molecule has 0 bridgehead atoms. The van der Waals surface area contributed by atoms with E-state index in [0.29, 0.717) is 5.78 Å². The van der Waals surface area contributed by atoms with Gasteiger partial charge in [-0.3, -0.25) is 4.79 Å². The SMILES string of the molecule is CCCC[C]1CCCCCCC(=O)C1. The summed E-state index contributed by atoms with van der Waals surface area (Å²) in [4.78, 5) is 11.5. The summed E-state index contributed by atoms with van der Waals surface area (Å²) >= 11 is 0. The van der Waals surface area contributed by atoms with Gasteiger partial charge >= 0.3 is 0 Å². The van der Waals surface area contributed by atoms with Crippen LogP contribution in [0.25, 0.3) is 0 Å². The van der Waals surface area contributed by atoms with Crippen molar-refractivity contribution >= 4 is 5.78 Å². The maximum Gasteiger partial charge on any atom is 0.133 e. The van der Waals surface area contributed by atoms with Crippen LogP contribution >= 0.6 is 0 Å². The van der Waals surface area contributed by atoms with Crippen molar-refractivity contribution < 1.29 is 4.79 Å². The van der Waals surface area contributed by atoms with E-state index in [-0.39, 0.29) is 0 Å². The van der Waals surface area contributed by atoms with Crippen LogP contribution in [0.15, 0.2) is 0 Å². The molecule has 1 nitrogen and oxygen atoms in total. The van der Waals surface area contributed by atoms with Crippen molar-refractivity contribution in [3.05, 3.63) is 5.92 Å². The van der Waals surface area contributed by atoms with Crippen molar-refractivity contribution in [3.8, 4) is 0 Å². The number of unbranched alkanes of at least 4 members (excludes halogenated alkanes) is 1. The topological polar surface area (TPSA) is 17.1 Å². The van der Waals surface area contributed by atoms with E-state index >= 15 is 0 Å². The fraction of sp³-hybridized carbons (Fsp3) is 0.846. The zero-order valence-electron chi connectivity index (χ0n) is 9.48. The Kier molecular flexibility index (Phi) is 5.89. The van der Waals surface area contributed by atoms with E-state index in [1.54, 1.807) is 0 Å². The van der Waals surface area contributed by atoms with Gasteiger partial charge in [-0.15, -0.1) is 0 Å². The van der Waals surface area contributed by atoms with Crippen LogP contribution in [0.4, 0.5) is 0 Å². The van der Waals surface area contributed by atoms with Crippen molar-refractivity contribution in [2.45, 2.75) is 71.1 Å². The normalized spacial score (nSPS) is 21.4. The van der Waals surface area contributed by atoms with Crippen LogP contribution in [0, 0.1) is 5.92 Å². The minimum Gasteiger partial charge on any atom is -0.300 e. The third-order valence-corrected chi connectivity index (χ3v) is 3.07. The number of rotatable bonds is 3. The molecule has 0 aromatic rings. The number of Topliss-reactive ketones (excluding diaryl/α,β-unsaturated/α-hetero) is 1. The third kappa shape index (κ3) is 4.78. The van der Waals surface area contributed by atoms with Gasteiger partial charge in [0, 0.05) is 12.8 Å². The lowest BCUT2D eigenvalue weighted by molar-refractivity contribution is -0.118. The van der Waals surface area contributed by atoms with Crippen LogP contribution in [-0.4, -0.2) is 5.78 Å². The Morgan fingerprint density at radius 1 is 1.07 bits per heavy atom. The van der Waals surface area contributed by atoms with Gasteiger partial charge in [0.1, 0.15) is 5.78 Å². The molecular formula is C13H23O. The summed E-state index contributed by atoms with van der Waals surface area (Å²) in [5.74, 6) is 2.01. The molecule has 0 atom stereocenters. The predicted octanol–water partition coefficient (Wildman–Crippen LogP) is 4.06. The lowest BCUT2D eigenvalue weighted by Gasteiger charge is -2.13. The summed E-state index contributed by atoms with van der Waals surface area (Å²) in [7, 11) is 0. The Labute approximate surface area is 88.3 Å². The van der Waals surface area contributed by atoms with Crippen molar-refractivity contribution in [1.29, 1.82) is 0 Å². The molecule has 1 radical (unpaired) electrons. The lowest BCUT2D eigenvalue weighted by atomic mass is 9.91. The highest BCUT2D eigenvalue weighted by atomic mass is 16.1. The highest BCUT2D eigenvalue weighted by Crippen LogP contribution is 2.25. The second-order valence-electron chi connectivity index (χ2n) is 4.48. The Morgan fingerprint density at radius 3 is 2.50 bits per heavy atom. The zero-order chi connectivity index (χ0) is 10.2. The molecule has 1 heteroatoms. The van der Waals surface area contributed by atoms with Gasteiger partial charge in [0.05, 0.1) is 0 Å². The average molecular weight is 195 g/mol. The Morgan fingerprint density at radius 2 is 1.79 bits per heavy atom. The standard InChI is InChI=1S/C13H23O/c1-2-3-8-12-9-6-4-5-7-10-13(14)11-12/h2-11H2,1H3. The fourth-order valence-corrected chi connectivity index (χ4v) is 2.15. The van der Waals surface area contributed by atoms with Crippen LogP contribution in [0.1, 0.15) is 71.1 Å². The summed E-state index contributed by atoms with van der Waals surface area (Å²) < 4.78 is 0. The van der Waals surface area contributed by atoms with E-state index in [2.05, 4.69) is 6.92 Å². The molecule has 0 saturated heterocycles. The molecule has 0 heterocycles. The third-order valence-electron chi connectivity index (χ3n) is 3.07. The molecule has 0 spiro atoms. The van der Waals surface area contributed by atoms with E-state index in [1.807, 2.05) is 0 Å². The highest BCUT2D eigenvalue weighted by molar-refractivity contribution is 5.80. The molecule has 0 unspecified atom stereocenters. The smallest absolute Gasteiger partial charge is 0.133 e. The minimum atomic E-state index is 0.484. The maximum atomic E-state index is 11.5. The maximum absolute atomic E-state index is 11.5. The molecule has 14 heavy (non-hydrogen) atoms. The first-order valence-corrected chi connectivity index (χ1v) is 6.18. The molecule has 0 amide bonds. The first-order chi connectivity index (χ1) is 6.83. The van der Waals surface area contributed by atoms with Gasteiger partial charge in [0.2, 0.25) is 0 Å². The Hall–Kier alpha value is -0.330. The largest absolute Gasteiger partial charge is 0.300 e. The molecule has 0 aromatic carbocycles. The Bertz CT molecular complexity index is 163. The van der Waals surface area contributed by atoms with Gasteiger partial charge in [-0.25, -0.2) is 0 Å². The number of carbonyl (C=O) groups is 1. The van der Waals surface area contributed by atoms with E-state index < -0.39 is 0 Å². The summed E-state index contributed by atoms with van der Waals surface area (Å²) in [5.41, 5.74) is 0. The van der Waals surface area contributed by atoms with Gasteiger partial charge in [-0.1, -0.05) is 39.0 Å². The van der Waals surface area contributed by atoms with Crippen LogP contribution < -0.4 is 0 Å². The summed E-state index contributed by atoms with van der Waals surface area (Å²) in [6.45, 7) is 2.22. The molecule has 0 N–H and O–H groups in total. The van der Waals surface area contributed by atoms with Gasteiger partial charge in [-0.05, 0) is 25.2 Å². The number of ketones is 1. The van der Waals surface area contributed by atoms with Gasteiger partial charge in [0.15, 0.2) is 0 Å². The van der Waals surface area contributed by atoms with Crippen molar-refractivity contribution in [3.63, 3.8) is 0 Å². The van der Waals surface area contributed by atoms with Crippen LogP contribution in [-0.2, 0) is 4.79 Å². The second-order valence-corrected chi connectivity index (χ2v) is 4.48. The number of hydrogen-bond donors (Lipinski definition) is 0. The van der Waals surface area contributed by atoms with Crippen LogP contribution in [0.5, 0.6) is 0 Å². The minimum absolute atomic E-state index is 0.484. The van der Waals surface area contributed by atoms with Crippen LogP contribution in [0.3, 0.4) is 0 Å². The molecule has 1 saturated carbocycles. The van der Waals surface area contributed by atoms with Crippen molar-refractivity contribution in [1.82, 2.24) is 0 Å².